The standard InChI is InChI=1S/C22H19F3N6O2/c1-29-19(32)9-18(17-6-7-26-12-27-17)28-21(29)31-11-15-8-16(31)10-30(15)20(33)13-2-4-14(5-3-13)22(23,24)25/h2-7,9,12,15-16H,8,10-11H2,1H3/t15?,16-/m1/s1. The van der Waals surface area contributed by atoms with Gasteiger partial charge in [0.05, 0.1) is 29.0 Å². The fourth-order valence-electron chi connectivity index (χ4n) is 4.49. The summed E-state index contributed by atoms with van der Waals surface area (Å²) in [5.41, 5.74) is 0.180. The molecule has 5 rings (SSSR count). The highest BCUT2D eigenvalue weighted by Gasteiger charge is 2.46. The largest absolute Gasteiger partial charge is 0.416 e. The summed E-state index contributed by atoms with van der Waals surface area (Å²) in [6, 6.07) is 7.19. The Balaban J connectivity index is 1.37. The van der Waals surface area contributed by atoms with Crippen LogP contribution in [0.4, 0.5) is 19.1 Å². The first-order valence-electron chi connectivity index (χ1n) is 10.3. The highest BCUT2D eigenvalue weighted by atomic mass is 19.4. The van der Waals surface area contributed by atoms with E-state index in [1.807, 2.05) is 4.90 Å². The van der Waals surface area contributed by atoms with Crippen LogP contribution in [0.15, 0.2) is 53.7 Å². The summed E-state index contributed by atoms with van der Waals surface area (Å²) in [5.74, 6) is 0.192. The maximum Gasteiger partial charge on any atom is 0.416 e. The smallest absolute Gasteiger partial charge is 0.335 e. The summed E-state index contributed by atoms with van der Waals surface area (Å²) in [5, 5.41) is 0. The van der Waals surface area contributed by atoms with E-state index in [0.717, 1.165) is 12.1 Å². The van der Waals surface area contributed by atoms with Crippen molar-refractivity contribution in [3.05, 3.63) is 70.4 Å². The second-order valence-corrected chi connectivity index (χ2v) is 8.16. The number of aromatic nitrogens is 4. The molecule has 0 radical (unpaired) electrons. The molecule has 2 aliphatic heterocycles. The lowest BCUT2D eigenvalue weighted by atomic mass is 10.1. The van der Waals surface area contributed by atoms with Crippen LogP contribution in [0.25, 0.3) is 11.4 Å². The van der Waals surface area contributed by atoms with Crippen LogP contribution < -0.4 is 10.5 Å². The predicted molar refractivity (Wildman–Crippen MR) is 113 cm³/mol. The van der Waals surface area contributed by atoms with Crippen molar-refractivity contribution in [3.63, 3.8) is 0 Å². The summed E-state index contributed by atoms with van der Waals surface area (Å²) in [4.78, 5) is 41.9. The van der Waals surface area contributed by atoms with Gasteiger partial charge in [-0.1, -0.05) is 0 Å². The number of alkyl halides is 3. The number of rotatable bonds is 3. The van der Waals surface area contributed by atoms with Crippen molar-refractivity contribution in [1.82, 2.24) is 24.4 Å². The number of nitrogens with zero attached hydrogens (tertiary/aromatic N) is 6. The molecule has 0 spiro atoms. The van der Waals surface area contributed by atoms with Gasteiger partial charge in [0.15, 0.2) is 0 Å². The second kappa shape index (κ2) is 7.68. The molecule has 1 amide bonds. The van der Waals surface area contributed by atoms with Crippen LogP contribution in [0.1, 0.15) is 22.3 Å². The minimum absolute atomic E-state index is 0.0489. The van der Waals surface area contributed by atoms with E-state index in [1.165, 1.54) is 29.1 Å². The number of halogens is 3. The number of benzene rings is 1. The van der Waals surface area contributed by atoms with Gasteiger partial charge in [0.25, 0.3) is 11.5 Å². The Morgan fingerprint density at radius 2 is 1.82 bits per heavy atom. The Bertz CT molecular complexity index is 1260. The molecule has 8 nitrogen and oxygen atoms in total. The highest BCUT2D eigenvalue weighted by Crippen LogP contribution is 2.35. The molecule has 2 aromatic heterocycles. The van der Waals surface area contributed by atoms with Crippen molar-refractivity contribution in [3.8, 4) is 11.4 Å². The van der Waals surface area contributed by atoms with Gasteiger partial charge in [-0.25, -0.2) is 15.0 Å². The number of anilines is 1. The molecule has 2 bridgehead atoms. The zero-order valence-electron chi connectivity index (χ0n) is 17.5. The monoisotopic (exact) mass is 456 g/mol. The molecule has 2 aliphatic rings. The molecule has 3 aromatic rings. The number of likely N-dealkylation sites (tertiary alicyclic amines) is 1. The van der Waals surface area contributed by atoms with Crippen LogP contribution in [-0.4, -0.2) is 55.5 Å². The maximum absolute atomic E-state index is 12.9. The minimum Gasteiger partial charge on any atom is -0.335 e. The number of hydrogen-bond donors (Lipinski definition) is 0. The van der Waals surface area contributed by atoms with Gasteiger partial charge in [0, 0.05) is 38.0 Å². The minimum atomic E-state index is -4.45. The van der Waals surface area contributed by atoms with Crippen molar-refractivity contribution in [1.29, 1.82) is 0 Å². The van der Waals surface area contributed by atoms with Gasteiger partial charge in [-0.3, -0.25) is 14.2 Å². The third-order valence-corrected chi connectivity index (χ3v) is 6.17. The summed E-state index contributed by atoms with van der Waals surface area (Å²) in [6.45, 7) is 0.878. The van der Waals surface area contributed by atoms with Crippen LogP contribution >= 0.6 is 0 Å². The number of amides is 1. The lowest BCUT2D eigenvalue weighted by Gasteiger charge is -2.35. The number of fused-ring (bicyclic) bond motifs is 2. The van der Waals surface area contributed by atoms with E-state index in [1.54, 1.807) is 24.2 Å². The van der Waals surface area contributed by atoms with E-state index in [-0.39, 0.29) is 29.1 Å². The Morgan fingerprint density at radius 3 is 2.42 bits per heavy atom. The van der Waals surface area contributed by atoms with Crippen LogP contribution in [0.2, 0.25) is 0 Å². The average Bonchev–Trinajstić information content (AvgIpc) is 3.41. The molecule has 33 heavy (non-hydrogen) atoms. The molecule has 4 heterocycles. The molecular weight excluding hydrogens is 437 g/mol. The van der Waals surface area contributed by atoms with E-state index in [9.17, 15) is 22.8 Å². The average molecular weight is 456 g/mol. The quantitative estimate of drug-likeness (QED) is 0.602. The third kappa shape index (κ3) is 3.73. The van der Waals surface area contributed by atoms with E-state index < -0.39 is 11.7 Å². The molecule has 2 fully saturated rings. The first-order chi connectivity index (χ1) is 15.7. The fourth-order valence-corrected chi connectivity index (χ4v) is 4.49. The Hall–Kier alpha value is -3.76. The van der Waals surface area contributed by atoms with Crippen molar-refractivity contribution >= 4 is 11.9 Å². The van der Waals surface area contributed by atoms with Gasteiger partial charge in [-0.15, -0.1) is 0 Å². The van der Waals surface area contributed by atoms with Gasteiger partial charge >= 0.3 is 6.18 Å². The summed E-state index contributed by atoms with van der Waals surface area (Å²) in [7, 11) is 1.64. The molecular formula is C22H19F3N6O2. The van der Waals surface area contributed by atoms with Crippen LogP contribution in [0.3, 0.4) is 0 Å². The SMILES string of the molecule is Cn1c(N2CC3C[C@@H]2CN3C(=O)c2ccc(C(F)(F)F)cc2)nc(-c2ccncn2)cc1=O. The van der Waals surface area contributed by atoms with E-state index >= 15 is 0 Å². The fraction of sp³-hybridized carbons (Fsp3) is 0.318. The van der Waals surface area contributed by atoms with Crippen LogP contribution in [0, 0.1) is 0 Å². The number of hydrogen-bond acceptors (Lipinski definition) is 6. The molecule has 2 saturated heterocycles. The molecule has 2 atom stereocenters. The lowest BCUT2D eigenvalue weighted by molar-refractivity contribution is -0.137. The van der Waals surface area contributed by atoms with Gasteiger partial charge < -0.3 is 9.80 Å². The molecule has 1 unspecified atom stereocenters. The van der Waals surface area contributed by atoms with Crippen molar-refractivity contribution in [2.45, 2.75) is 24.7 Å². The molecule has 1 aromatic carbocycles. The zero-order valence-corrected chi connectivity index (χ0v) is 17.5. The first-order valence-corrected chi connectivity index (χ1v) is 10.3. The molecule has 0 N–H and O–H groups in total. The summed E-state index contributed by atoms with van der Waals surface area (Å²) in [6.07, 6.45) is -0.793. The second-order valence-electron chi connectivity index (χ2n) is 8.16. The molecule has 0 aliphatic carbocycles. The lowest BCUT2D eigenvalue weighted by Crippen LogP contribution is -2.50. The topological polar surface area (TPSA) is 84.2 Å². The number of carbonyl (C=O) groups is 1. The third-order valence-electron chi connectivity index (χ3n) is 6.17. The first kappa shape index (κ1) is 21.1. The molecule has 0 saturated carbocycles. The number of carbonyl (C=O) groups excluding carboxylic acids is 1. The molecule has 170 valence electrons. The molecule has 11 heteroatoms. The van der Waals surface area contributed by atoms with E-state index in [0.29, 0.717) is 36.8 Å². The van der Waals surface area contributed by atoms with Crippen molar-refractivity contribution < 1.29 is 18.0 Å². The van der Waals surface area contributed by atoms with Crippen LogP contribution in [0.5, 0.6) is 0 Å². The van der Waals surface area contributed by atoms with Gasteiger partial charge in [0.1, 0.15) is 6.33 Å². The van der Waals surface area contributed by atoms with Gasteiger partial charge in [-0.05, 0) is 36.8 Å². The van der Waals surface area contributed by atoms with E-state index in [4.69, 9.17) is 0 Å². The maximum atomic E-state index is 12.9. The van der Waals surface area contributed by atoms with Crippen LogP contribution in [-0.2, 0) is 13.2 Å². The Morgan fingerprint density at radius 1 is 1.06 bits per heavy atom. The number of piperazine rings is 1. The zero-order chi connectivity index (χ0) is 23.3. The van der Waals surface area contributed by atoms with Crippen molar-refractivity contribution in [2.24, 2.45) is 7.05 Å². The normalized spacial score (nSPS) is 19.9. The van der Waals surface area contributed by atoms with E-state index in [2.05, 4.69) is 15.0 Å². The Labute approximate surface area is 186 Å². The predicted octanol–water partition coefficient (Wildman–Crippen LogP) is 2.36. The summed E-state index contributed by atoms with van der Waals surface area (Å²) >= 11 is 0. The Kier molecular flexibility index (Phi) is 4.91. The highest BCUT2D eigenvalue weighted by molar-refractivity contribution is 5.95. The van der Waals surface area contributed by atoms with Crippen molar-refractivity contribution in [2.75, 3.05) is 18.0 Å². The van der Waals surface area contributed by atoms with Gasteiger partial charge in [-0.2, -0.15) is 13.2 Å². The van der Waals surface area contributed by atoms with Gasteiger partial charge in [0.2, 0.25) is 5.95 Å². The summed E-state index contributed by atoms with van der Waals surface area (Å²) < 4.78 is 39.9.